The maximum atomic E-state index is 10.8. The molecule has 1 atom stereocenters. The number of hydroxylamine groups is 1. The van der Waals surface area contributed by atoms with Crippen LogP contribution < -0.4 is 10.8 Å². The van der Waals surface area contributed by atoms with E-state index in [2.05, 4.69) is 15.6 Å². The zero-order chi connectivity index (χ0) is 13.1. The van der Waals surface area contributed by atoms with Gasteiger partial charge in [-0.3, -0.25) is 4.79 Å². The second-order valence-electron chi connectivity index (χ2n) is 3.40. The van der Waals surface area contributed by atoms with Gasteiger partial charge < -0.3 is 15.3 Å². The van der Waals surface area contributed by atoms with Gasteiger partial charge in [0.1, 0.15) is 6.04 Å². The number of aliphatic carboxylic acids is 1. The molecule has 17 heavy (non-hydrogen) atoms. The Morgan fingerprint density at radius 3 is 2.29 bits per heavy atom. The van der Waals surface area contributed by atoms with E-state index in [1.807, 2.05) is 44.4 Å². The fourth-order valence-corrected chi connectivity index (χ4v) is 1.17. The lowest BCUT2D eigenvalue weighted by Gasteiger charge is -2.12. The summed E-state index contributed by atoms with van der Waals surface area (Å²) in [6.45, 7) is 0. The smallest absolute Gasteiger partial charge is 0.323 e. The summed E-state index contributed by atoms with van der Waals surface area (Å²) in [5.74, 6) is -0.921. The minimum absolute atomic E-state index is 0.407. The summed E-state index contributed by atoms with van der Waals surface area (Å²) in [6, 6.07) is 8.70. The first-order valence-electron chi connectivity index (χ1n) is 5.29. The summed E-state index contributed by atoms with van der Waals surface area (Å²) in [5.41, 5.74) is 3.39. The fourth-order valence-electron chi connectivity index (χ4n) is 1.17. The van der Waals surface area contributed by atoms with Crippen LogP contribution in [-0.2, 0) is 16.1 Å². The first-order valence-corrected chi connectivity index (χ1v) is 5.29. The van der Waals surface area contributed by atoms with Crippen molar-refractivity contribution in [2.75, 3.05) is 21.2 Å². The molecule has 96 valence electrons. The Hall–Kier alpha value is -1.43. The summed E-state index contributed by atoms with van der Waals surface area (Å²) in [6.07, 6.45) is 0.407. The highest BCUT2D eigenvalue weighted by Crippen LogP contribution is 2.03. The molecule has 1 aromatic rings. The lowest BCUT2D eigenvalue weighted by Crippen LogP contribution is -2.37. The highest BCUT2D eigenvalue weighted by atomic mass is 16.6. The van der Waals surface area contributed by atoms with Crippen LogP contribution >= 0.6 is 0 Å². The summed E-state index contributed by atoms with van der Waals surface area (Å²) >= 11 is 0. The van der Waals surface area contributed by atoms with Crippen molar-refractivity contribution in [2.24, 2.45) is 0 Å². The number of carbonyl (C=O) groups is 1. The van der Waals surface area contributed by atoms with Gasteiger partial charge in [-0.15, -0.1) is 0 Å². The predicted octanol–water partition coefficient (Wildman–Crippen LogP) is 0.669. The molecule has 0 aromatic heterocycles. The second-order valence-corrected chi connectivity index (χ2v) is 3.40. The molecule has 0 bridgehead atoms. The Bertz CT molecular complexity index is 304. The quantitative estimate of drug-likeness (QED) is 0.660. The molecule has 0 unspecified atom stereocenters. The van der Waals surface area contributed by atoms with E-state index in [1.165, 1.54) is 7.11 Å². The van der Waals surface area contributed by atoms with E-state index in [4.69, 9.17) is 5.11 Å². The molecule has 3 N–H and O–H groups in total. The minimum Gasteiger partial charge on any atom is -0.480 e. The number of rotatable bonds is 5. The Labute approximate surface area is 102 Å². The van der Waals surface area contributed by atoms with E-state index in [1.54, 1.807) is 0 Å². The molecule has 0 saturated heterocycles. The number of nitrogens with one attached hydrogen (secondary N) is 2. The highest BCUT2D eigenvalue weighted by molar-refractivity contribution is 5.73. The lowest BCUT2D eigenvalue weighted by molar-refractivity contribution is -0.143. The first-order chi connectivity index (χ1) is 8.15. The van der Waals surface area contributed by atoms with Crippen LogP contribution in [0, 0.1) is 0 Å². The molecule has 0 aliphatic rings. The van der Waals surface area contributed by atoms with Crippen LogP contribution in [0.15, 0.2) is 30.3 Å². The second kappa shape index (κ2) is 9.77. The van der Waals surface area contributed by atoms with Crippen LogP contribution in [0.5, 0.6) is 0 Å². The predicted molar refractivity (Wildman–Crippen MR) is 66.7 cm³/mol. The standard InChI is InChI=1S/C10H13NO3.C2H7N/c1-14-11-9(10(12)13)7-8-5-3-2-4-6-8;1-3-2/h2-6,9,11H,7H2,1H3,(H,12,13);3H,1-2H3/t9-;/m0./s1. The minimum atomic E-state index is -0.921. The van der Waals surface area contributed by atoms with Crippen molar-refractivity contribution in [3.05, 3.63) is 35.9 Å². The van der Waals surface area contributed by atoms with Crippen LogP contribution in [0.2, 0.25) is 0 Å². The maximum absolute atomic E-state index is 10.8. The van der Waals surface area contributed by atoms with Gasteiger partial charge in [0.05, 0.1) is 7.11 Å². The number of carboxylic acid groups (broad SMARTS) is 1. The van der Waals surface area contributed by atoms with Crippen LogP contribution in [0.25, 0.3) is 0 Å². The van der Waals surface area contributed by atoms with Crippen LogP contribution in [0.4, 0.5) is 0 Å². The molecule has 0 saturated carbocycles. The van der Waals surface area contributed by atoms with Gasteiger partial charge >= 0.3 is 5.97 Å². The Balaban J connectivity index is 0.000000770. The Morgan fingerprint density at radius 2 is 1.88 bits per heavy atom. The topological polar surface area (TPSA) is 70.6 Å². The van der Waals surface area contributed by atoms with E-state index < -0.39 is 12.0 Å². The molecular formula is C12H20N2O3. The van der Waals surface area contributed by atoms with Gasteiger partial charge in [-0.1, -0.05) is 30.3 Å². The molecule has 0 aliphatic carbocycles. The third kappa shape index (κ3) is 7.46. The van der Waals surface area contributed by atoms with Gasteiger partial charge in [0.15, 0.2) is 0 Å². The third-order valence-electron chi connectivity index (χ3n) is 1.84. The van der Waals surface area contributed by atoms with E-state index in [-0.39, 0.29) is 0 Å². The molecule has 0 amide bonds. The molecule has 0 heterocycles. The first kappa shape index (κ1) is 15.6. The van der Waals surface area contributed by atoms with Crippen molar-refractivity contribution in [1.29, 1.82) is 0 Å². The van der Waals surface area contributed by atoms with E-state index in [9.17, 15) is 4.79 Å². The zero-order valence-corrected chi connectivity index (χ0v) is 10.4. The molecule has 0 aliphatic heterocycles. The van der Waals surface area contributed by atoms with Gasteiger partial charge in [0.2, 0.25) is 0 Å². The van der Waals surface area contributed by atoms with Gasteiger partial charge in [-0.05, 0) is 19.7 Å². The van der Waals surface area contributed by atoms with Gasteiger partial charge in [0.25, 0.3) is 0 Å². The van der Waals surface area contributed by atoms with Crippen molar-refractivity contribution in [3.63, 3.8) is 0 Å². The Morgan fingerprint density at radius 1 is 1.35 bits per heavy atom. The Kier molecular flexibility index (Phi) is 8.95. The highest BCUT2D eigenvalue weighted by Gasteiger charge is 2.16. The van der Waals surface area contributed by atoms with Crippen molar-refractivity contribution in [1.82, 2.24) is 10.8 Å². The molecule has 5 nitrogen and oxygen atoms in total. The number of hydrogen-bond acceptors (Lipinski definition) is 4. The molecule has 5 heteroatoms. The molecule has 1 aromatic carbocycles. The number of hydrogen-bond donors (Lipinski definition) is 3. The molecule has 0 fully saturated rings. The average Bonchev–Trinajstić information content (AvgIpc) is 2.31. The monoisotopic (exact) mass is 240 g/mol. The summed E-state index contributed by atoms with van der Waals surface area (Å²) in [5, 5.41) is 11.6. The third-order valence-corrected chi connectivity index (χ3v) is 1.84. The van der Waals surface area contributed by atoms with Gasteiger partial charge in [-0.2, -0.15) is 5.48 Å². The number of carboxylic acids is 1. The van der Waals surface area contributed by atoms with Crippen LogP contribution in [0.1, 0.15) is 5.56 Å². The van der Waals surface area contributed by atoms with Gasteiger partial charge in [0, 0.05) is 6.42 Å². The number of benzene rings is 1. The summed E-state index contributed by atoms with van der Waals surface area (Å²) < 4.78 is 0. The SMILES string of the molecule is CNC.CON[C@@H](Cc1ccccc1)C(=O)O. The van der Waals surface area contributed by atoms with E-state index in [0.29, 0.717) is 6.42 Å². The maximum Gasteiger partial charge on any atom is 0.323 e. The van der Waals surface area contributed by atoms with E-state index >= 15 is 0 Å². The normalized spacial score (nSPS) is 11.2. The van der Waals surface area contributed by atoms with Crippen LogP contribution in [0.3, 0.4) is 0 Å². The molecule has 1 rings (SSSR count). The molecule has 0 spiro atoms. The molecular weight excluding hydrogens is 220 g/mol. The zero-order valence-electron chi connectivity index (χ0n) is 10.4. The fraction of sp³-hybridized carbons (Fsp3) is 0.417. The summed E-state index contributed by atoms with van der Waals surface area (Å²) in [7, 11) is 5.15. The van der Waals surface area contributed by atoms with Crippen molar-refractivity contribution >= 4 is 5.97 Å². The summed E-state index contributed by atoms with van der Waals surface area (Å²) in [4.78, 5) is 15.4. The average molecular weight is 240 g/mol. The van der Waals surface area contributed by atoms with Gasteiger partial charge in [-0.25, -0.2) is 0 Å². The van der Waals surface area contributed by atoms with Crippen molar-refractivity contribution in [2.45, 2.75) is 12.5 Å². The molecule has 0 radical (unpaired) electrons. The van der Waals surface area contributed by atoms with Crippen LogP contribution in [-0.4, -0.2) is 38.3 Å². The largest absolute Gasteiger partial charge is 0.480 e. The van der Waals surface area contributed by atoms with Crippen molar-refractivity contribution < 1.29 is 14.7 Å². The van der Waals surface area contributed by atoms with Crippen molar-refractivity contribution in [3.8, 4) is 0 Å². The van der Waals surface area contributed by atoms with E-state index in [0.717, 1.165) is 5.56 Å². The lowest BCUT2D eigenvalue weighted by atomic mass is 10.1.